The summed E-state index contributed by atoms with van der Waals surface area (Å²) >= 11 is 0. The first kappa shape index (κ1) is 8.94. The highest BCUT2D eigenvalue weighted by atomic mass is 19.1. The van der Waals surface area contributed by atoms with Crippen molar-refractivity contribution >= 4 is 0 Å². The van der Waals surface area contributed by atoms with Gasteiger partial charge in [0.15, 0.2) is 6.17 Å². The average Bonchev–Trinajstić information content (AvgIpc) is 2.26. The summed E-state index contributed by atoms with van der Waals surface area (Å²) < 4.78 is 17.9. The zero-order valence-electron chi connectivity index (χ0n) is 6.98. The SMILES string of the molecule is [CH2-][NH+]1C[C@@H](F)C[C@H]1COCC. The number of rotatable bonds is 3. The molecule has 1 rings (SSSR count). The van der Waals surface area contributed by atoms with E-state index in [-0.39, 0.29) is 6.04 Å². The maximum absolute atomic E-state index is 12.7. The molecule has 0 radical (unpaired) electrons. The number of likely N-dealkylation sites (tertiary alicyclic amines) is 1. The van der Waals surface area contributed by atoms with E-state index in [0.29, 0.717) is 26.2 Å². The summed E-state index contributed by atoms with van der Waals surface area (Å²) in [4.78, 5) is 1.02. The summed E-state index contributed by atoms with van der Waals surface area (Å²) in [7, 11) is 3.82. The third-order valence-electron chi connectivity index (χ3n) is 2.12. The van der Waals surface area contributed by atoms with E-state index in [0.717, 1.165) is 4.90 Å². The molecule has 1 aliphatic rings. The third-order valence-corrected chi connectivity index (χ3v) is 2.12. The third kappa shape index (κ3) is 2.42. The van der Waals surface area contributed by atoms with Gasteiger partial charge in [-0.2, -0.15) is 7.05 Å². The van der Waals surface area contributed by atoms with Crippen LogP contribution in [-0.2, 0) is 4.74 Å². The van der Waals surface area contributed by atoms with Crippen LogP contribution in [0.15, 0.2) is 0 Å². The minimum atomic E-state index is -0.673. The molecule has 1 heterocycles. The molecule has 0 aromatic heterocycles. The molecule has 1 saturated heterocycles. The van der Waals surface area contributed by atoms with Gasteiger partial charge in [-0.05, 0) is 6.92 Å². The molecule has 1 fully saturated rings. The smallest absolute Gasteiger partial charge is 0.152 e. The second-order valence-electron chi connectivity index (χ2n) is 3.05. The summed E-state index contributed by atoms with van der Waals surface area (Å²) in [6, 6.07) is 0.268. The molecule has 0 aromatic rings. The molecular weight excluding hydrogens is 145 g/mol. The van der Waals surface area contributed by atoms with Crippen molar-refractivity contribution in [2.45, 2.75) is 25.6 Å². The molecule has 0 saturated carbocycles. The maximum Gasteiger partial charge on any atom is 0.152 e. The second-order valence-corrected chi connectivity index (χ2v) is 3.05. The quantitative estimate of drug-likeness (QED) is 0.566. The molecule has 2 nitrogen and oxygen atoms in total. The summed E-state index contributed by atoms with van der Waals surface area (Å²) in [5.41, 5.74) is 0. The van der Waals surface area contributed by atoms with Crippen molar-refractivity contribution in [1.82, 2.24) is 0 Å². The lowest BCUT2D eigenvalue weighted by Gasteiger charge is -2.21. The number of hydrogen-bond donors (Lipinski definition) is 1. The molecule has 11 heavy (non-hydrogen) atoms. The number of quaternary nitrogens is 1. The minimum Gasteiger partial charge on any atom is -0.461 e. The fraction of sp³-hybridized carbons (Fsp3) is 0.875. The van der Waals surface area contributed by atoms with Crippen LogP contribution in [0.4, 0.5) is 4.39 Å². The number of nitrogens with one attached hydrogen (secondary N) is 1. The van der Waals surface area contributed by atoms with Gasteiger partial charge in [-0.15, -0.1) is 0 Å². The van der Waals surface area contributed by atoms with Gasteiger partial charge < -0.3 is 9.64 Å². The highest BCUT2D eigenvalue weighted by Gasteiger charge is 2.29. The topological polar surface area (TPSA) is 13.7 Å². The summed E-state index contributed by atoms with van der Waals surface area (Å²) in [6.07, 6.45) is -0.0632. The first-order valence-corrected chi connectivity index (χ1v) is 4.13. The molecule has 0 aromatic carbocycles. The Bertz CT molecular complexity index is 121. The van der Waals surface area contributed by atoms with Crippen LogP contribution in [0.1, 0.15) is 13.3 Å². The van der Waals surface area contributed by atoms with Gasteiger partial charge in [-0.25, -0.2) is 4.39 Å². The molecule has 1 aliphatic heterocycles. The van der Waals surface area contributed by atoms with E-state index >= 15 is 0 Å². The first-order valence-electron chi connectivity index (χ1n) is 4.13. The van der Waals surface area contributed by atoms with Gasteiger partial charge in [-0.3, -0.25) is 0 Å². The summed E-state index contributed by atoms with van der Waals surface area (Å²) in [5, 5.41) is 0. The number of alkyl halides is 1. The number of ether oxygens (including phenoxy) is 1. The molecular formula is C8H16FNO. The zero-order valence-corrected chi connectivity index (χ0v) is 6.98. The van der Waals surface area contributed by atoms with Gasteiger partial charge in [0.25, 0.3) is 0 Å². The average molecular weight is 161 g/mol. The van der Waals surface area contributed by atoms with E-state index in [1.807, 2.05) is 6.92 Å². The molecule has 3 atom stereocenters. The second kappa shape index (κ2) is 4.02. The minimum absolute atomic E-state index is 0.268. The van der Waals surface area contributed by atoms with E-state index in [1.165, 1.54) is 0 Å². The fourth-order valence-electron chi connectivity index (χ4n) is 1.46. The van der Waals surface area contributed by atoms with Crippen LogP contribution in [0.25, 0.3) is 0 Å². The summed E-state index contributed by atoms with van der Waals surface area (Å²) in [5.74, 6) is 0. The van der Waals surface area contributed by atoms with Crippen molar-refractivity contribution in [2.75, 3.05) is 19.8 Å². The molecule has 66 valence electrons. The highest BCUT2D eigenvalue weighted by molar-refractivity contribution is 4.69. The Morgan fingerprint density at radius 2 is 2.45 bits per heavy atom. The molecule has 1 N–H and O–H groups in total. The molecule has 0 aliphatic carbocycles. The normalized spacial score (nSPS) is 37.9. The van der Waals surface area contributed by atoms with Crippen LogP contribution >= 0.6 is 0 Å². The molecule has 0 amide bonds. The first-order chi connectivity index (χ1) is 5.24. The predicted octanol–water partition coefficient (Wildman–Crippen LogP) is -0.190. The Balaban J connectivity index is 2.23. The van der Waals surface area contributed by atoms with Gasteiger partial charge in [0.1, 0.15) is 0 Å². The van der Waals surface area contributed by atoms with Crippen molar-refractivity contribution in [3.05, 3.63) is 7.05 Å². The van der Waals surface area contributed by atoms with Crippen molar-refractivity contribution in [3.63, 3.8) is 0 Å². The number of hydrogen-bond acceptors (Lipinski definition) is 1. The standard InChI is InChI=1S/C8H16FNO/c1-3-11-6-8-4-7(9)5-10(8)2/h7-8,10H,2-6H2,1H3/t7-,8-/m0/s1. The fourth-order valence-corrected chi connectivity index (χ4v) is 1.46. The predicted molar refractivity (Wildman–Crippen MR) is 41.0 cm³/mol. The van der Waals surface area contributed by atoms with E-state index in [2.05, 4.69) is 7.05 Å². The Morgan fingerprint density at radius 1 is 1.73 bits per heavy atom. The van der Waals surface area contributed by atoms with E-state index in [4.69, 9.17) is 4.74 Å². The van der Waals surface area contributed by atoms with Gasteiger partial charge in [-0.1, -0.05) is 0 Å². The Morgan fingerprint density at radius 3 is 2.91 bits per heavy atom. The lowest BCUT2D eigenvalue weighted by atomic mass is 10.2. The van der Waals surface area contributed by atoms with Crippen LogP contribution in [0.5, 0.6) is 0 Å². The Labute approximate surface area is 67.3 Å². The van der Waals surface area contributed by atoms with Crippen molar-refractivity contribution in [1.29, 1.82) is 0 Å². The molecule has 3 heteroatoms. The van der Waals surface area contributed by atoms with E-state index in [1.54, 1.807) is 0 Å². The highest BCUT2D eigenvalue weighted by Crippen LogP contribution is 2.05. The lowest BCUT2D eigenvalue weighted by molar-refractivity contribution is -0.868. The summed E-state index contributed by atoms with van der Waals surface area (Å²) in [6.45, 7) is 3.85. The van der Waals surface area contributed by atoms with E-state index < -0.39 is 6.17 Å². The van der Waals surface area contributed by atoms with Crippen LogP contribution in [-0.4, -0.2) is 32.0 Å². The lowest BCUT2D eigenvalue weighted by Crippen LogP contribution is -3.09. The van der Waals surface area contributed by atoms with Crippen molar-refractivity contribution < 1.29 is 14.0 Å². The van der Waals surface area contributed by atoms with Crippen LogP contribution < -0.4 is 4.90 Å². The van der Waals surface area contributed by atoms with Crippen molar-refractivity contribution in [2.24, 2.45) is 0 Å². The molecule has 0 bridgehead atoms. The monoisotopic (exact) mass is 161 g/mol. The van der Waals surface area contributed by atoms with Gasteiger partial charge >= 0.3 is 0 Å². The van der Waals surface area contributed by atoms with Crippen LogP contribution in [0.2, 0.25) is 0 Å². The molecule has 0 spiro atoms. The van der Waals surface area contributed by atoms with Crippen LogP contribution in [0.3, 0.4) is 0 Å². The maximum atomic E-state index is 12.7. The molecule has 1 unspecified atom stereocenters. The van der Waals surface area contributed by atoms with E-state index in [9.17, 15) is 4.39 Å². The number of halogens is 1. The van der Waals surface area contributed by atoms with Crippen LogP contribution in [0, 0.1) is 7.05 Å². The zero-order chi connectivity index (χ0) is 8.27. The van der Waals surface area contributed by atoms with Gasteiger partial charge in [0.2, 0.25) is 0 Å². The van der Waals surface area contributed by atoms with Gasteiger partial charge in [0, 0.05) is 13.0 Å². The Kier molecular flexibility index (Phi) is 3.27. The Hall–Kier alpha value is -0.150. The largest absolute Gasteiger partial charge is 0.461 e. The van der Waals surface area contributed by atoms with Gasteiger partial charge in [0.05, 0.1) is 19.2 Å². The van der Waals surface area contributed by atoms with Crippen molar-refractivity contribution in [3.8, 4) is 0 Å².